The summed E-state index contributed by atoms with van der Waals surface area (Å²) in [5, 5.41) is 6.15. The Labute approximate surface area is 122 Å². The van der Waals surface area contributed by atoms with E-state index in [1.807, 2.05) is 0 Å². The monoisotopic (exact) mass is 300 g/mol. The Morgan fingerprint density at radius 2 is 2.40 bits per heavy atom. The lowest BCUT2D eigenvalue weighted by atomic mass is 9.95. The zero-order valence-corrected chi connectivity index (χ0v) is 12.0. The molecule has 2 atom stereocenters. The maximum Gasteiger partial charge on any atom is 0.216 e. The van der Waals surface area contributed by atoms with E-state index in [0.29, 0.717) is 13.2 Å². The third-order valence-electron chi connectivity index (χ3n) is 3.30. The summed E-state index contributed by atoms with van der Waals surface area (Å²) >= 11 is 5.83. The van der Waals surface area contributed by atoms with E-state index in [1.165, 1.54) is 13.0 Å². The first kappa shape index (κ1) is 15.2. The van der Waals surface area contributed by atoms with Crippen LogP contribution in [0.25, 0.3) is 0 Å². The second-order valence-corrected chi connectivity index (χ2v) is 5.27. The Morgan fingerprint density at radius 1 is 1.60 bits per heavy atom. The minimum atomic E-state index is -0.444. The molecule has 1 amide bonds. The summed E-state index contributed by atoms with van der Waals surface area (Å²) in [7, 11) is 0. The summed E-state index contributed by atoms with van der Waals surface area (Å²) in [6, 6.07) is 4.61. The number of rotatable bonds is 3. The molecule has 2 N–H and O–H groups in total. The lowest BCUT2D eigenvalue weighted by Gasteiger charge is -2.25. The molecule has 0 spiro atoms. The first-order valence-corrected chi connectivity index (χ1v) is 6.97. The van der Waals surface area contributed by atoms with E-state index in [4.69, 9.17) is 16.3 Å². The summed E-state index contributed by atoms with van der Waals surface area (Å²) in [5.74, 6) is -0.450. The van der Waals surface area contributed by atoms with Gasteiger partial charge in [-0.25, -0.2) is 4.39 Å². The average Bonchev–Trinajstić information content (AvgIpc) is 2.65. The Morgan fingerprint density at radius 3 is 3.10 bits per heavy atom. The minimum Gasteiger partial charge on any atom is -0.372 e. The fourth-order valence-electron chi connectivity index (χ4n) is 2.30. The van der Waals surface area contributed by atoms with Gasteiger partial charge in [0.05, 0.1) is 17.7 Å². The molecular formula is C14H18ClFN2O2. The predicted octanol–water partition coefficient (Wildman–Crippen LogP) is 1.89. The highest BCUT2D eigenvalue weighted by atomic mass is 35.5. The van der Waals surface area contributed by atoms with Crippen LogP contribution in [0.15, 0.2) is 18.2 Å². The number of carbonyl (C=O) groups excluding carboxylic acids is 1. The average molecular weight is 301 g/mol. The standard InChI is InChI=1S/C14H18ClFN2O2/c1-9(19)18-8-11-7-17-4-5-20-14(11)10-2-3-13(16)12(15)6-10/h2-3,6,11,14,17H,4-5,7-8H2,1H3,(H,18,19)/t11-,14?/m0/s1. The second kappa shape index (κ2) is 7.02. The Kier molecular flexibility index (Phi) is 5.34. The fourth-order valence-corrected chi connectivity index (χ4v) is 2.49. The smallest absolute Gasteiger partial charge is 0.216 e. The predicted molar refractivity (Wildman–Crippen MR) is 75.1 cm³/mol. The molecule has 6 heteroatoms. The number of hydrogen-bond acceptors (Lipinski definition) is 3. The number of carbonyl (C=O) groups is 1. The van der Waals surface area contributed by atoms with Crippen LogP contribution in [0.5, 0.6) is 0 Å². The van der Waals surface area contributed by atoms with Gasteiger partial charge in [0.15, 0.2) is 0 Å². The van der Waals surface area contributed by atoms with Crippen LogP contribution in [0.2, 0.25) is 5.02 Å². The van der Waals surface area contributed by atoms with Crippen LogP contribution in [-0.2, 0) is 9.53 Å². The molecule has 110 valence electrons. The first-order valence-electron chi connectivity index (χ1n) is 6.59. The molecule has 20 heavy (non-hydrogen) atoms. The van der Waals surface area contributed by atoms with E-state index in [1.54, 1.807) is 12.1 Å². The fraction of sp³-hybridized carbons (Fsp3) is 0.500. The summed E-state index contributed by atoms with van der Waals surface area (Å²) in [4.78, 5) is 11.1. The van der Waals surface area contributed by atoms with Crippen molar-refractivity contribution in [2.75, 3.05) is 26.2 Å². The van der Waals surface area contributed by atoms with Gasteiger partial charge in [0.25, 0.3) is 0 Å². The molecule has 2 rings (SSSR count). The zero-order valence-electron chi connectivity index (χ0n) is 11.3. The van der Waals surface area contributed by atoms with E-state index >= 15 is 0 Å². The maximum atomic E-state index is 13.3. The van der Waals surface area contributed by atoms with Crippen molar-refractivity contribution >= 4 is 17.5 Å². The number of ether oxygens (including phenoxy) is 1. The van der Waals surface area contributed by atoms with Crippen LogP contribution >= 0.6 is 11.6 Å². The summed E-state index contributed by atoms with van der Waals surface area (Å²) in [5.41, 5.74) is 0.829. The van der Waals surface area contributed by atoms with Gasteiger partial charge >= 0.3 is 0 Å². The highest BCUT2D eigenvalue weighted by Gasteiger charge is 2.26. The van der Waals surface area contributed by atoms with Crippen LogP contribution in [0.1, 0.15) is 18.6 Å². The van der Waals surface area contributed by atoms with E-state index < -0.39 is 5.82 Å². The minimum absolute atomic E-state index is 0.0722. The largest absolute Gasteiger partial charge is 0.372 e. The van der Waals surface area contributed by atoms with Crippen LogP contribution in [-0.4, -0.2) is 32.1 Å². The highest BCUT2D eigenvalue weighted by Crippen LogP contribution is 2.29. The number of benzene rings is 1. The summed E-state index contributed by atoms with van der Waals surface area (Å²) in [6.07, 6.45) is -0.213. The van der Waals surface area contributed by atoms with Gasteiger partial charge in [-0.1, -0.05) is 17.7 Å². The van der Waals surface area contributed by atoms with Gasteiger partial charge < -0.3 is 15.4 Å². The van der Waals surface area contributed by atoms with Crippen molar-refractivity contribution in [3.63, 3.8) is 0 Å². The number of halogens is 2. The molecule has 1 aromatic rings. The van der Waals surface area contributed by atoms with Crippen molar-refractivity contribution in [2.45, 2.75) is 13.0 Å². The molecule has 1 saturated heterocycles. The molecule has 0 bridgehead atoms. The molecule has 0 saturated carbocycles. The van der Waals surface area contributed by atoms with Crippen LogP contribution in [0, 0.1) is 11.7 Å². The van der Waals surface area contributed by atoms with E-state index in [9.17, 15) is 9.18 Å². The van der Waals surface area contributed by atoms with E-state index in [2.05, 4.69) is 10.6 Å². The SMILES string of the molecule is CC(=O)NC[C@@H]1CNCCOC1c1ccc(F)c(Cl)c1. The van der Waals surface area contributed by atoms with Gasteiger partial charge in [0.2, 0.25) is 5.91 Å². The molecule has 0 radical (unpaired) electrons. The van der Waals surface area contributed by atoms with Gasteiger partial charge in [-0.05, 0) is 17.7 Å². The Bertz CT molecular complexity index is 484. The van der Waals surface area contributed by atoms with Crippen molar-refractivity contribution in [3.8, 4) is 0 Å². The van der Waals surface area contributed by atoms with Crippen molar-refractivity contribution in [2.24, 2.45) is 5.92 Å². The second-order valence-electron chi connectivity index (χ2n) is 4.87. The van der Waals surface area contributed by atoms with Gasteiger partial charge in [0.1, 0.15) is 5.82 Å². The Balaban J connectivity index is 2.18. The van der Waals surface area contributed by atoms with E-state index in [-0.39, 0.29) is 23.0 Å². The summed E-state index contributed by atoms with van der Waals surface area (Å²) in [6.45, 7) is 4.02. The van der Waals surface area contributed by atoms with Crippen molar-refractivity contribution in [1.82, 2.24) is 10.6 Å². The number of hydrogen-bond donors (Lipinski definition) is 2. The molecule has 1 aromatic carbocycles. The van der Waals surface area contributed by atoms with Crippen molar-refractivity contribution in [3.05, 3.63) is 34.6 Å². The zero-order chi connectivity index (χ0) is 14.5. The van der Waals surface area contributed by atoms with E-state index in [0.717, 1.165) is 18.7 Å². The van der Waals surface area contributed by atoms with Crippen LogP contribution < -0.4 is 10.6 Å². The maximum absolute atomic E-state index is 13.3. The molecule has 4 nitrogen and oxygen atoms in total. The molecule has 0 aliphatic carbocycles. The molecule has 1 unspecified atom stereocenters. The third-order valence-corrected chi connectivity index (χ3v) is 3.59. The van der Waals surface area contributed by atoms with Crippen molar-refractivity contribution < 1.29 is 13.9 Å². The molecule has 1 aliphatic heterocycles. The van der Waals surface area contributed by atoms with Crippen LogP contribution in [0.4, 0.5) is 4.39 Å². The third kappa shape index (κ3) is 3.91. The summed E-state index contributed by atoms with van der Waals surface area (Å²) < 4.78 is 19.1. The topological polar surface area (TPSA) is 50.4 Å². The Hall–Kier alpha value is -1.17. The normalized spacial score (nSPS) is 23.1. The van der Waals surface area contributed by atoms with Crippen molar-refractivity contribution in [1.29, 1.82) is 0 Å². The lowest BCUT2D eigenvalue weighted by molar-refractivity contribution is -0.119. The van der Waals surface area contributed by atoms with Crippen LogP contribution in [0.3, 0.4) is 0 Å². The number of nitrogens with one attached hydrogen (secondary N) is 2. The van der Waals surface area contributed by atoms with Gasteiger partial charge in [-0.15, -0.1) is 0 Å². The molecular weight excluding hydrogens is 283 g/mol. The molecule has 1 heterocycles. The van der Waals surface area contributed by atoms with Gasteiger partial charge in [0, 0.05) is 32.5 Å². The van der Waals surface area contributed by atoms with Gasteiger partial charge in [-0.3, -0.25) is 4.79 Å². The first-order chi connectivity index (χ1) is 9.58. The quantitative estimate of drug-likeness (QED) is 0.896. The lowest BCUT2D eigenvalue weighted by Crippen LogP contribution is -2.35. The molecule has 1 aliphatic rings. The highest BCUT2D eigenvalue weighted by molar-refractivity contribution is 6.30. The molecule has 1 fully saturated rings. The molecule has 0 aromatic heterocycles. The van der Waals surface area contributed by atoms with Gasteiger partial charge in [-0.2, -0.15) is 0 Å². The number of amides is 1.